The number of alkyl halides is 3. The van der Waals surface area contributed by atoms with Crippen molar-refractivity contribution < 1.29 is 36.3 Å². The highest BCUT2D eigenvalue weighted by atomic mass is 32.2. The molecule has 0 radical (unpaired) electrons. The van der Waals surface area contributed by atoms with E-state index in [0.717, 1.165) is 18.7 Å². The fourth-order valence-corrected chi connectivity index (χ4v) is 6.68. The minimum Gasteiger partial charge on any atom is -0.390 e. The molecule has 3 N–H and O–H groups in total. The van der Waals surface area contributed by atoms with Crippen molar-refractivity contribution in [3.05, 3.63) is 40.6 Å². The molecule has 2 aliphatic heterocycles. The van der Waals surface area contributed by atoms with Crippen LogP contribution in [0.2, 0.25) is 0 Å². The number of fused-ring (bicyclic) bond motifs is 1. The molecule has 44 heavy (non-hydrogen) atoms. The maximum atomic E-state index is 13.9. The molecule has 2 atom stereocenters. The molecule has 0 bridgehead atoms. The van der Waals surface area contributed by atoms with Crippen molar-refractivity contribution in [3.63, 3.8) is 0 Å². The number of hydrogen-bond donors (Lipinski definition) is 3. The van der Waals surface area contributed by atoms with Gasteiger partial charge in [0.15, 0.2) is 0 Å². The number of amides is 2. The zero-order valence-electron chi connectivity index (χ0n) is 25.4. The SMILES string of the molecule is CC(=O)NC1CCN(CC(O)Cn2nc(-c3ccc(C(F)(F)F)c(CNC(=O)CC(C)C)c3)c3c2CCN(S(C)(=O)=O)C3)C1. The third kappa shape index (κ3) is 8.58. The summed E-state index contributed by atoms with van der Waals surface area (Å²) in [5.41, 5.74) is 0.947. The fraction of sp³-hybridized carbons (Fsp3) is 0.621. The van der Waals surface area contributed by atoms with Gasteiger partial charge >= 0.3 is 6.18 Å². The Labute approximate surface area is 255 Å². The first kappa shape index (κ1) is 33.9. The van der Waals surface area contributed by atoms with E-state index in [1.807, 2.05) is 18.7 Å². The molecule has 1 fully saturated rings. The maximum Gasteiger partial charge on any atom is 0.416 e. The Morgan fingerprint density at radius 3 is 2.55 bits per heavy atom. The lowest BCUT2D eigenvalue weighted by Gasteiger charge is -2.26. The van der Waals surface area contributed by atoms with Gasteiger partial charge in [0.05, 0.1) is 30.2 Å². The molecule has 0 aliphatic carbocycles. The van der Waals surface area contributed by atoms with Gasteiger partial charge in [0.1, 0.15) is 0 Å². The molecule has 1 saturated heterocycles. The van der Waals surface area contributed by atoms with Crippen LogP contribution in [0, 0.1) is 5.92 Å². The molecule has 244 valence electrons. The molecule has 15 heteroatoms. The van der Waals surface area contributed by atoms with E-state index in [4.69, 9.17) is 5.10 Å². The van der Waals surface area contributed by atoms with Gasteiger partial charge in [0.25, 0.3) is 0 Å². The molecule has 4 rings (SSSR count). The Hall–Kier alpha value is -3.01. The van der Waals surface area contributed by atoms with Gasteiger partial charge in [-0.2, -0.15) is 22.6 Å². The van der Waals surface area contributed by atoms with Crippen molar-refractivity contribution in [3.8, 4) is 11.3 Å². The first-order valence-corrected chi connectivity index (χ1v) is 16.5. The summed E-state index contributed by atoms with van der Waals surface area (Å²) in [7, 11) is -3.56. The average Bonchev–Trinajstić information content (AvgIpc) is 3.49. The van der Waals surface area contributed by atoms with Gasteiger partial charge in [-0.3, -0.25) is 19.2 Å². The number of halogens is 3. The predicted octanol–water partition coefficient (Wildman–Crippen LogP) is 2.12. The Balaban J connectivity index is 1.64. The van der Waals surface area contributed by atoms with Crippen LogP contribution in [0.3, 0.4) is 0 Å². The monoisotopic (exact) mass is 642 g/mol. The van der Waals surface area contributed by atoms with Crippen molar-refractivity contribution in [1.29, 1.82) is 0 Å². The average molecular weight is 643 g/mol. The molecule has 2 aliphatic rings. The van der Waals surface area contributed by atoms with Crippen LogP contribution < -0.4 is 10.6 Å². The summed E-state index contributed by atoms with van der Waals surface area (Å²) in [6, 6.07) is 3.61. The summed E-state index contributed by atoms with van der Waals surface area (Å²) in [6.45, 7) is 6.74. The van der Waals surface area contributed by atoms with Crippen LogP contribution in [0.15, 0.2) is 18.2 Å². The fourth-order valence-electron chi connectivity index (χ4n) is 5.89. The minimum atomic E-state index is -4.65. The van der Waals surface area contributed by atoms with E-state index in [1.54, 1.807) is 4.68 Å². The van der Waals surface area contributed by atoms with Gasteiger partial charge in [-0.1, -0.05) is 19.9 Å². The smallest absolute Gasteiger partial charge is 0.390 e. The molecule has 2 aromatic rings. The molecule has 0 saturated carbocycles. The molecule has 0 spiro atoms. The number of carbonyl (C=O) groups excluding carboxylic acids is 2. The number of aliphatic hydroxyl groups is 1. The Morgan fingerprint density at radius 2 is 1.91 bits per heavy atom. The van der Waals surface area contributed by atoms with E-state index in [-0.39, 0.29) is 61.9 Å². The number of β-amino-alcohol motifs (C(OH)–C–C–N with tert-alkyl or cyclic N) is 1. The van der Waals surface area contributed by atoms with E-state index >= 15 is 0 Å². The van der Waals surface area contributed by atoms with Crippen LogP contribution in [0.1, 0.15) is 56.0 Å². The quantitative estimate of drug-likeness (QED) is 0.342. The third-order valence-electron chi connectivity index (χ3n) is 7.85. The van der Waals surface area contributed by atoms with Crippen LogP contribution in [0.25, 0.3) is 11.3 Å². The zero-order chi connectivity index (χ0) is 32.4. The lowest BCUT2D eigenvalue weighted by molar-refractivity contribution is -0.138. The van der Waals surface area contributed by atoms with E-state index in [1.165, 1.54) is 23.4 Å². The second kappa shape index (κ2) is 13.5. The first-order valence-electron chi connectivity index (χ1n) is 14.7. The van der Waals surface area contributed by atoms with Crippen molar-refractivity contribution >= 4 is 21.8 Å². The third-order valence-corrected chi connectivity index (χ3v) is 9.10. The molecule has 2 amide bonds. The summed E-state index contributed by atoms with van der Waals surface area (Å²) in [4.78, 5) is 25.7. The van der Waals surface area contributed by atoms with Crippen LogP contribution >= 0.6 is 0 Å². The first-order chi connectivity index (χ1) is 20.5. The van der Waals surface area contributed by atoms with Crippen LogP contribution in [-0.4, -0.2) is 88.9 Å². The Kier molecular flexibility index (Phi) is 10.4. The van der Waals surface area contributed by atoms with Gasteiger partial charge in [-0.05, 0) is 30.0 Å². The number of likely N-dealkylation sites (tertiary alicyclic amines) is 1. The van der Waals surface area contributed by atoms with Crippen molar-refractivity contribution in [1.82, 2.24) is 29.6 Å². The summed E-state index contributed by atoms with van der Waals surface area (Å²) in [6.07, 6.45) is -3.13. The van der Waals surface area contributed by atoms with Gasteiger partial charge in [0, 0.05) is 81.9 Å². The minimum absolute atomic E-state index is 0.00834. The standard InChI is InChI=1S/C29H41F3N6O5S/c1-18(2)11-27(41)33-13-21-12-20(5-6-25(21)29(30,31)32)28-24-17-37(44(4,42)43)10-8-26(24)38(35-28)16-23(40)15-36-9-7-22(14-36)34-19(3)39/h5-6,12,18,22-23,40H,7-11,13-17H2,1-4H3,(H,33,41)(H,34,39). The number of aromatic nitrogens is 2. The predicted molar refractivity (Wildman–Crippen MR) is 158 cm³/mol. The Morgan fingerprint density at radius 1 is 1.18 bits per heavy atom. The highest BCUT2D eigenvalue weighted by Gasteiger charge is 2.35. The molecule has 1 aromatic heterocycles. The normalized spacial score (nSPS) is 18.8. The van der Waals surface area contributed by atoms with E-state index in [9.17, 15) is 36.3 Å². The molecular formula is C29H41F3N6O5S. The second-order valence-corrected chi connectivity index (χ2v) is 14.1. The molecule has 1 aromatic carbocycles. The van der Waals surface area contributed by atoms with Crippen LogP contribution in [0.4, 0.5) is 13.2 Å². The van der Waals surface area contributed by atoms with Gasteiger partial charge in [-0.25, -0.2) is 8.42 Å². The summed E-state index contributed by atoms with van der Waals surface area (Å²) >= 11 is 0. The van der Waals surface area contributed by atoms with Crippen molar-refractivity contribution in [2.45, 2.75) is 78.0 Å². The van der Waals surface area contributed by atoms with Gasteiger partial charge in [0.2, 0.25) is 21.8 Å². The Bertz CT molecular complexity index is 1480. The van der Waals surface area contributed by atoms with Crippen molar-refractivity contribution in [2.75, 3.05) is 32.4 Å². The van der Waals surface area contributed by atoms with Crippen LogP contribution in [-0.2, 0) is 51.8 Å². The lowest BCUT2D eigenvalue weighted by Crippen LogP contribution is -2.39. The number of sulfonamides is 1. The van der Waals surface area contributed by atoms with Gasteiger partial charge in [-0.15, -0.1) is 0 Å². The summed E-state index contributed by atoms with van der Waals surface area (Å²) < 4.78 is 69.5. The zero-order valence-corrected chi connectivity index (χ0v) is 26.3. The highest BCUT2D eigenvalue weighted by Crippen LogP contribution is 2.37. The number of carbonyl (C=O) groups is 2. The number of rotatable bonds is 11. The van der Waals surface area contributed by atoms with Crippen molar-refractivity contribution in [2.24, 2.45) is 5.92 Å². The summed E-state index contributed by atoms with van der Waals surface area (Å²) in [5.74, 6) is -0.434. The largest absolute Gasteiger partial charge is 0.416 e. The van der Waals surface area contributed by atoms with E-state index in [0.29, 0.717) is 48.6 Å². The highest BCUT2D eigenvalue weighted by molar-refractivity contribution is 7.88. The second-order valence-electron chi connectivity index (χ2n) is 12.1. The van der Waals surface area contributed by atoms with Crippen LogP contribution in [0.5, 0.6) is 0 Å². The topological polar surface area (TPSA) is 137 Å². The van der Waals surface area contributed by atoms with Gasteiger partial charge < -0.3 is 15.7 Å². The number of aliphatic hydroxyl groups excluding tert-OH is 1. The number of benzene rings is 1. The molecule has 2 unspecified atom stereocenters. The van der Waals surface area contributed by atoms with E-state index < -0.39 is 27.9 Å². The van der Waals surface area contributed by atoms with E-state index in [2.05, 4.69) is 10.6 Å². The molecular weight excluding hydrogens is 601 g/mol. The molecule has 11 nitrogen and oxygen atoms in total. The number of nitrogens with zero attached hydrogens (tertiary/aromatic N) is 4. The maximum absolute atomic E-state index is 13.9. The lowest BCUT2D eigenvalue weighted by atomic mass is 9.97. The number of hydrogen-bond acceptors (Lipinski definition) is 7. The molecule has 3 heterocycles. The number of nitrogens with one attached hydrogen (secondary N) is 2. The summed E-state index contributed by atoms with van der Waals surface area (Å²) in [5, 5.41) is 21.2.